The van der Waals surface area contributed by atoms with Crippen molar-refractivity contribution >= 4 is 23.3 Å². The van der Waals surface area contributed by atoms with Gasteiger partial charge in [-0.15, -0.1) is 11.3 Å². The predicted molar refractivity (Wildman–Crippen MR) is 72.0 cm³/mol. The number of hydrogen-bond donors (Lipinski definition) is 0. The third-order valence-electron chi connectivity index (χ3n) is 2.50. The zero-order valence-corrected chi connectivity index (χ0v) is 10.8. The first-order valence-corrected chi connectivity index (χ1v) is 6.47. The lowest BCUT2D eigenvalue weighted by molar-refractivity contribution is -0.385. The van der Waals surface area contributed by atoms with E-state index < -0.39 is 4.92 Å². The topological polar surface area (TPSA) is 69.4 Å². The molecule has 19 heavy (non-hydrogen) atoms. The highest BCUT2D eigenvalue weighted by molar-refractivity contribution is 7.09. The number of benzene rings is 1. The molecule has 0 radical (unpaired) electrons. The molecular weight excluding hydrogens is 266 g/mol. The second-order valence-corrected chi connectivity index (χ2v) is 4.81. The summed E-state index contributed by atoms with van der Waals surface area (Å²) >= 11 is 1.61. The molecule has 0 atom stereocenters. The lowest BCUT2D eigenvalue weighted by atomic mass is 10.2. The van der Waals surface area contributed by atoms with Crippen molar-refractivity contribution < 1.29 is 14.5 Å². The highest BCUT2D eigenvalue weighted by Crippen LogP contribution is 2.27. The van der Waals surface area contributed by atoms with Crippen LogP contribution in [-0.4, -0.2) is 17.8 Å². The third kappa shape index (κ3) is 3.38. The minimum atomic E-state index is -0.548. The summed E-state index contributed by atoms with van der Waals surface area (Å²) < 4.78 is 5.42. The Morgan fingerprint density at radius 3 is 2.84 bits per heavy atom. The maximum atomic E-state index is 10.9. The van der Waals surface area contributed by atoms with Gasteiger partial charge in [0.2, 0.25) is 0 Å². The van der Waals surface area contributed by atoms with Crippen LogP contribution >= 0.6 is 11.3 Å². The van der Waals surface area contributed by atoms with Gasteiger partial charge in [0, 0.05) is 22.9 Å². The monoisotopic (exact) mass is 277 g/mol. The Hall–Kier alpha value is -2.21. The van der Waals surface area contributed by atoms with Gasteiger partial charge in [-0.1, -0.05) is 6.07 Å². The molecule has 1 aromatic heterocycles. The molecular formula is C13H11NO4S. The number of carbonyl (C=O) groups excluding carboxylic acids is 1. The van der Waals surface area contributed by atoms with Crippen molar-refractivity contribution in [3.8, 4) is 5.75 Å². The van der Waals surface area contributed by atoms with Gasteiger partial charge < -0.3 is 4.74 Å². The standard InChI is InChI=1S/C13H11NO4S/c15-9-10-3-4-13(12(8-10)14(16)17)18-6-5-11-2-1-7-19-11/h1-4,7-9H,5-6H2. The van der Waals surface area contributed by atoms with Crippen LogP contribution in [-0.2, 0) is 6.42 Å². The molecule has 0 aliphatic carbocycles. The normalized spacial score (nSPS) is 10.1. The van der Waals surface area contributed by atoms with Gasteiger partial charge >= 0.3 is 5.69 Å². The molecule has 0 saturated heterocycles. The molecule has 0 spiro atoms. The molecule has 0 aliphatic rings. The van der Waals surface area contributed by atoms with Crippen LogP contribution in [0.1, 0.15) is 15.2 Å². The molecule has 0 unspecified atom stereocenters. The molecule has 2 aromatic rings. The lowest BCUT2D eigenvalue weighted by Gasteiger charge is -2.06. The Morgan fingerprint density at radius 2 is 2.21 bits per heavy atom. The minimum Gasteiger partial charge on any atom is -0.486 e. The van der Waals surface area contributed by atoms with Crippen LogP contribution in [0.3, 0.4) is 0 Å². The number of nitro groups is 1. The van der Waals surface area contributed by atoms with Gasteiger partial charge in [0.15, 0.2) is 5.75 Å². The quantitative estimate of drug-likeness (QED) is 0.462. The fourth-order valence-corrected chi connectivity index (χ4v) is 2.28. The first-order valence-electron chi connectivity index (χ1n) is 5.59. The Kier molecular flexibility index (Phi) is 4.25. The molecule has 0 aliphatic heterocycles. The molecule has 0 fully saturated rings. The summed E-state index contributed by atoms with van der Waals surface area (Å²) in [6, 6.07) is 8.10. The Bertz CT molecular complexity index is 580. The van der Waals surface area contributed by atoms with E-state index in [-0.39, 0.29) is 17.0 Å². The highest BCUT2D eigenvalue weighted by atomic mass is 32.1. The van der Waals surface area contributed by atoms with E-state index in [2.05, 4.69) is 0 Å². The van der Waals surface area contributed by atoms with E-state index in [4.69, 9.17) is 4.74 Å². The van der Waals surface area contributed by atoms with Crippen LogP contribution in [0.2, 0.25) is 0 Å². The molecule has 0 bridgehead atoms. The van der Waals surface area contributed by atoms with E-state index in [9.17, 15) is 14.9 Å². The number of thiophene rings is 1. The van der Waals surface area contributed by atoms with Crippen molar-refractivity contribution in [2.24, 2.45) is 0 Å². The summed E-state index contributed by atoms with van der Waals surface area (Å²) in [4.78, 5) is 22.1. The Labute approximate surface area is 113 Å². The summed E-state index contributed by atoms with van der Waals surface area (Å²) in [6.07, 6.45) is 1.27. The third-order valence-corrected chi connectivity index (χ3v) is 3.44. The van der Waals surface area contributed by atoms with Gasteiger partial charge in [-0.05, 0) is 23.6 Å². The first-order chi connectivity index (χ1) is 9.20. The minimum absolute atomic E-state index is 0.184. The first kappa shape index (κ1) is 13.2. The summed E-state index contributed by atoms with van der Waals surface area (Å²) in [5.74, 6) is 0.187. The van der Waals surface area contributed by atoms with Crippen LogP contribution in [0.25, 0.3) is 0 Å². The van der Waals surface area contributed by atoms with Crippen LogP contribution in [0, 0.1) is 10.1 Å². The number of rotatable bonds is 6. The molecule has 1 aromatic carbocycles. The van der Waals surface area contributed by atoms with Crippen LogP contribution in [0.15, 0.2) is 35.7 Å². The molecule has 1 heterocycles. The van der Waals surface area contributed by atoms with Crippen molar-refractivity contribution in [3.63, 3.8) is 0 Å². The van der Waals surface area contributed by atoms with Gasteiger partial charge in [-0.2, -0.15) is 0 Å². The molecule has 0 amide bonds. The van der Waals surface area contributed by atoms with E-state index in [0.29, 0.717) is 19.3 Å². The number of hydrogen-bond acceptors (Lipinski definition) is 5. The SMILES string of the molecule is O=Cc1ccc(OCCc2cccs2)c([N+](=O)[O-])c1. The summed E-state index contributed by atoms with van der Waals surface area (Å²) in [7, 11) is 0. The van der Waals surface area contributed by atoms with Crippen LogP contribution < -0.4 is 4.74 Å². The van der Waals surface area contributed by atoms with E-state index in [1.165, 1.54) is 18.2 Å². The average molecular weight is 277 g/mol. The zero-order chi connectivity index (χ0) is 13.7. The Morgan fingerprint density at radius 1 is 1.37 bits per heavy atom. The summed E-state index contributed by atoms with van der Waals surface area (Å²) in [6.45, 7) is 0.363. The zero-order valence-electron chi connectivity index (χ0n) is 9.94. The van der Waals surface area contributed by atoms with Gasteiger partial charge in [-0.3, -0.25) is 14.9 Å². The Balaban J connectivity index is 2.06. The van der Waals surface area contributed by atoms with Crippen LogP contribution in [0.5, 0.6) is 5.75 Å². The van der Waals surface area contributed by atoms with E-state index >= 15 is 0 Å². The predicted octanol–water partition coefficient (Wildman–Crippen LogP) is 3.09. The molecule has 6 heteroatoms. The van der Waals surface area contributed by atoms with Gasteiger partial charge in [-0.25, -0.2) is 0 Å². The largest absolute Gasteiger partial charge is 0.486 e. The maximum absolute atomic E-state index is 10.9. The van der Waals surface area contributed by atoms with Crippen LogP contribution in [0.4, 0.5) is 5.69 Å². The fraction of sp³-hybridized carbons (Fsp3) is 0.154. The average Bonchev–Trinajstić information content (AvgIpc) is 2.92. The van der Waals surface area contributed by atoms with Gasteiger partial charge in [0.1, 0.15) is 6.29 Å². The van der Waals surface area contributed by atoms with Gasteiger partial charge in [0.05, 0.1) is 11.5 Å². The summed E-state index contributed by atoms with van der Waals surface area (Å²) in [5.41, 5.74) is 0.0769. The van der Waals surface area contributed by atoms with Crippen molar-refractivity contribution in [3.05, 3.63) is 56.3 Å². The number of nitrogens with zero attached hydrogens (tertiary/aromatic N) is 1. The fourth-order valence-electron chi connectivity index (χ4n) is 1.59. The second-order valence-electron chi connectivity index (χ2n) is 3.78. The number of aldehydes is 1. The highest BCUT2D eigenvalue weighted by Gasteiger charge is 2.15. The molecule has 5 nitrogen and oxygen atoms in total. The molecule has 0 saturated carbocycles. The van der Waals surface area contributed by atoms with E-state index in [1.807, 2.05) is 17.5 Å². The van der Waals surface area contributed by atoms with Gasteiger partial charge in [0.25, 0.3) is 0 Å². The smallest absolute Gasteiger partial charge is 0.311 e. The van der Waals surface area contributed by atoms with Crippen molar-refractivity contribution in [1.29, 1.82) is 0 Å². The van der Waals surface area contributed by atoms with E-state index in [1.54, 1.807) is 11.3 Å². The maximum Gasteiger partial charge on any atom is 0.311 e. The van der Waals surface area contributed by atoms with Crippen molar-refractivity contribution in [2.75, 3.05) is 6.61 Å². The van der Waals surface area contributed by atoms with Crippen molar-refractivity contribution in [1.82, 2.24) is 0 Å². The lowest BCUT2D eigenvalue weighted by Crippen LogP contribution is -2.03. The van der Waals surface area contributed by atoms with Crippen molar-refractivity contribution in [2.45, 2.75) is 6.42 Å². The summed E-state index contributed by atoms with van der Waals surface area (Å²) in [5, 5.41) is 12.9. The molecule has 98 valence electrons. The number of nitro benzene ring substituents is 1. The molecule has 2 rings (SSSR count). The second kappa shape index (κ2) is 6.10. The number of carbonyl (C=O) groups is 1. The molecule has 0 N–H and O–H groups in total. The number of ether oxygens (including phenoxy) is 1. The van der Waals surface area contributed by atoms with E-state index in [0.717, 1.165) is 4.88 Å².